The Hall–Kier alpha value is -4.08. The average molecular weight is 438 g/mol. The Bertz CT molecular complexity index is 1290. The highest BCUT2D eigenvalue weighted by atomic mass is 32.2. The minimum absolute atomic E-state index is 0.0732. The van der Waals surface area contributed by atoms with Crippen LogP contribution in [0.1, 0.15) is 5.56 Å². The number of carbonyl (C=O) groups excluding carboxylic acids is 1. The van der Waals surface area contributed by atoms with Crippen LogP contribution in [0.2, 0.25) is 0 Å². The van der Waals surface area contributed by atoms with Gasteiger partial charge in [-0.3, -0.25) is 4.79 Å². The van der Waals surface area contributed by atoms with Crippen LogP contribution in [0.3, 0.4) is 0 Å². The van der Waals surface area contributed by atoms with Gasteiger partial charge in [0.25, 0.3) is 0 Å². The summed E-state index contributed by atoms with van der Waals surface area (Å²) in [6.45, 7) is 0. The molecule has 2 N–H and O–H groups in total. The van der Waals surface area contributed by atoms with Crippen molar-refractivity contribution < 1.29 is 9.90 Å². The lowest BCUT2D eigenvalue weighted by atomic mass is 9.99. The van der Waals surface area contributed by atoms with Gasteiger partial charge in [0.15, 0.2) is 0 Å². The number of nitrogens with zero attached hydrogens (tertiary/aromatic N) is 2. The van der Waals surface area contributed by atoms with Crippen molar-refractivity contribution in [2.45, 2.75) is 5.03 Å². The fraction of sp³-hybridized carbons (Fsp3) is 0.0385. The molecule has 32 heavy (non-hydrogen) atoms. The fourth-order valence-corrected chi connectivity index (χ4v) is 4.05. The summed E-state index contributed by atoms with van der Waals surface area (Å²) in [5.74, 6) is -0.103. The van der Waals surface area contributed by atoms with Gasteiger partial charge in [0.2, 0.25) is 5.91 Å². The topological polar surface area (TPSA) is 86.0 Å². The van der Waals surface area contributed by atoms with E-state index in [1.54, 1.807) is 12.1 Å². The van der Waals surface area contributed by atoms with Gasteiger partial charge in [-0.15, -0.1) is 0 Å². The van der Waals surface area contributed by atoms with Crippen molar-refractivity contribution in [1.82, 2.24) is 4.98 Å². The van der Waals surface area contributed by atoms with Crippen LogP contribution in [-0.2, 0) is 4.79 Å². The molecule has 0 radical (unpaired) electrons. The molecule has 6 heteroatoms. The summed E-state index contributed by atoms with van der Waals surface area (Å²) in [5.41, 5.74) is 4.30. The van der Waals surface area contributed by atoms with E-state index in [0.717, 1.165) is 22.4 Å². The number of anilines is 1. The number of carbonyl (C=O) groups is 1. The Balaban J connectivity index is 1.67. The third kappa shape index (κ3) is 4.97. The summed E-state index contributed by atoms with van der Waals surface area (Å²) in [7, 11) is 0. The highest BCUT2D eigenvalue weighted by Crippen LogP contribution is 2.34. The summed E-state index contributed by atoms with van der Waals surface area (Å²) in [6, 6.07) is 30.0. The van der Waals surface area contributed by atoms with E-state index in [1.165, 1.54) is 23.9 Å². The highest BCUT2D eigenvalue weighted by Gasteiger charge is 2.17. The average Bonchev–Trinajstić information content (AvgIpc) is 2.83. The van der Waals surface area contributed by atoms with Crippen molar-refractivity contribution >= 4 is 23.4 Å². The lowest BCUT2D eigenvalue weighted by Crippen LogP contribution is -2.14. The van der Waals surface area contributed by atoms with Crippen molar-refractivity contribution in [2.75, 3.05) is 11.1 Å². The van der Waals surface area contributed by atoms with Gasteiger partial charge in [-0.1, -0.05) is 78.5 Å². The van der Waals surface area contributed by atoms with Crippen LogP contribution >= 0.6 is 11.8 Å². The molecule has 1 amide bonds. The van der Waals surface area contributed by atoms with Gasteiger partial charge >= 0.3 is 0 Å². The molecule has 0 saturated heterocycles. The van der Waals surface area contributed by atoms with Crippen molar-refractivity contribution in [2.24, 2.45) is 0 Å². The maximum atomic E-state index is 12.5. The van der Waals surface area contributed by atoms with Gasteiger partial charge in [0, 0.05) is 22.9 Å². The number of amides is 1. The van der Waals surface area contributed by atoms with Gasteiger partial charge in [-0.25, -0.2) is 4.98 Å². The molecule has 1 aromatic heterocycles. The van der Waals surface area contributed by atoms with E-state index < -0.39 is 0 Å². The van der Waals surface area contributed by atoms with Gasteiger partial charge in [-0.2, -0.15) is 5.26 Å². The van der Waals surface area contributed by atoms with Crippen LogP contribution in [0.25, 0.3) is 22.4 Å². The number of benzene rings is 3. The standard InChI is InChI=1S/C26H19N3O2S/c27-16-23-22(18-8-3-1-4-9-18)15-24(19-10-5-2-6-11-19)29-26(23)32-17-25(31)28-20-12-7-13-21(30)14-20/h1-15,30H,17H2,(H,28,31). The van der Waals surface area contributed by atoms with Crippen LogP contribution in [0, 0.1) is 11.3 Å². The van der Waals surface area contributed by atoms with Crippen molar-refractivity contribution in [3.8, 4) is 34.2 Å². The zero-order valence-corrected chi connectivity index (χ0v) is 17.8. The quantitative estimate of drug-likeness (QED) is 0.377. The monoisotopic (exact) mass is 437 g/mol. The number of aromatic hydroxyl groups is 1. The van der Waals surface area contributed by atoms with E-state index in [0.29, 0.717) is 16.3 Å². The number of thioether (sulfide) groups is 1. The molecule has 4 rings (SSSR count). The predicted molar refractivity (Wildman–Crippen MR) is 127 cm³/mol. The summed E-state index contributed by atoms with van der Waals surface area (Å²) in [5, 5.41) is 22.7. The Morgan fingerprint density at radius 3 is 2.28 bits per heavy atom. The number of nitriles is 1. The molecule has 0 unspecified atom stereocenters. The molecule has 0 aliphatic carbocycles. The molecule has 0 aliphatic heterocycles. The first kappa shape index (κ1) is 21.2. The van der Waals surface area contributed by atoms with Gasteiger partial charge in [0.1, 0.15) is 16.8 Å². The van der Waals surface area contributed by atoms with Gasteiger partial charge in [-0.05, 0) is 23.8 Å². The smallest absolute Gasteiger partial charge is 0.234 e. The highest BCUT2D eigenvalue weighted by molar-refractivity contribution is 8.00. The zero-order valence-electron chi connectivity index (χ0n) is 17.0. The molecule has 156 valence electrons. The number of hydrogen-bond donors (Lipinski definition) is 2. The summed E-state index contributed by atoms with van der Waals surface area (Å²) in [4.78, 5) is 17.2. The first-order valence-corrected chi connectivity index (χ1v) is 10.9. The van der Waals surface area contributed by atoms with E-state index in [1.807, 2.05) is 66.7 Å². The number of phenolic OH excluding ortho intramolecular Hbond substituents is 1. The maximum absolute atomic E-state index is 12.5. The molecule has 0 atom stereocenters. The van der Waals surface area contributed by atoms with Crippen molar-refractivity contribution in [3.05, 3.63) is 96.6 Å². The lowest BCUT2D eigenvalue weighted by molar-refractivity contribution is -0.113. The molecular weight excluding hydrogens is 418 g/mol. The number of nitrogens with one attached hydrogen (secondary N) is 1. The Kier molecular flexibility index (Phi) is 6.49. The molecule has 0 saturated carbocycles. The largest absolute Gasteiger partial charge is 0.508 e. The summed E-state index contributed by atoms with van der Waals surface area (Å²) >= 11 is 1.21. The second-order valence-electron chi connectivity index (χ2n) is 6.97. The fourth-order valence-electron chi connectivity index (χ4n) is 3.25. The molecule has 1 heterocycles. The predicted octanol–water partition coefficient (Wildman–Crippen LogP) is 5.72. The van der Waals surface area contributed by atoms with E-state index in [-0.39, 0.29) is 17.4 Å². The molecule has 3 aromatic carbocycles. The molecule has 0 fully saturated rings. The lowest BCUT2D eigenvalue weighted by Gasteiger charge is -2.13. The first-order chi connectivity index (χ1) is 15.6. The van der Waals surface area contributed by atoms with E-state index in [9.17, 15) is 15.2 Å². The van der Waals surface area contributed by atoms with E-state index in [4.69, 9.17) is 4.98 Å². The van der Waals surface area contributed by atoms with Gasteiger partial charge < -0.3 is 10.4 Å². The van der Waals surface area contributed by atoms with Gasteiger partial charge in [0.05, 0.1) is 17.0 Å². The molecular formula is C26H19N3O2S. The normalized spacial score (nSPS) is 10.3. The van der Waals surface area contributed by atoms with Crippen LogP contribution in [0.5, 0.6) is 5.75 Å². The third-order valence-electron chi connectivity index (χ3n) is 4.72. The minimum atomic E-state index is -0.252. The van der Waals surface area contributed by atoms with Crippen LogP contribution in [0.4, 0.5) is 5.69 Å². The van der Waals surface area contributed by atoms with Crippen LogP contribution < -0.4 is 5.32 Å². The second kappa shape index (κ2) is 9.82. The molecule has 0 aliphatic rings. The molecule has 4 aromatic rings. The second-order valence-corrected chi connectivity index (χ2v) is 7.93. The van der Waals surface area contributed by atoms with Crippen molar-refractivity contribution in [1.29, 1.82) is 5.26 Å². The van der Waals surface area contributed by atoms with Crippen molar-refractivity contribution in [3.63, 3.8) is 0 Å². The maximum Gasteiger partial charge on any atom is 0.234 e. The molecule has 5 nitrogen and oxygen atoms in total. The SMILES string of the molecule is N#Cc1c(-c2ccccc2)cc(-c2ccccc2)nc1SCC(=O)Nc1cccc(O)c1. The molecule has 0 spiro atoms. The number of pyridine rings is 1. The number of phenols is 1. The minimum Gasteiger partial charge on any atom is -0.508 e. The Morgan fingerprint density at radius 1 is 0.938 bits per heavy atom. The Morgan fingerprint density at radius 2 is 1.62 bits per heavy atom. The van der Waals surface area contributed by atoms with E-state index in [2.05, 4.69) is 11.4 Å². The first-order valence-electron chi connectivity index (χ1n) is 9.91. The third-order valence-corrected chi connectivity index (χ3v) is 5.70. The van der Waals surface area contributed by atoms with E-state index >= 15 is 0 Å². The zero-order chi connectivity index (χ0) is 22.3. The van der Waals surface area contributed by atoms with Crippen LogP contribution in [-0.4, -0.2) is 21.8 Å². The molecule has 0 bridgehead atoms. The number of aromatic nitrogens is 1. The Labute approximate surface area is 190 Å². The van der Waals surface area contributed by atoms with Crippen LogP contribution in [0.15, 0.2) is 96.0 Å². The number of rotatable bonds is 6. The summed E-state index contributed by atoms with van der Waals surface area (Å²) < 4.78 is 0. The summed E-state index contributed by atoms with van der Waals surface area (Å²) in [6.07, 6.45) is 0. The number of hydrogen-bond acceptors (Lipinski definition) is 5.